The number of piperazine rings is 1. The van der Waals surface area contributed by atoms with Gasteiger partial charge in [-0.1, -0.05) is 66.2 Å². The Kier molecular flexibility index (Phi) is 23.4. The standard InChI is InChI=1S/C90H89ClN8O25/c1-94(2)53-24-26-61(68-49(53)34-45-36-51-75(96(5)6)79(105)72(85(92)111)83(109)89(51,115)81(107)66(45)77(68)103)123-87(113)63-38-55(100)70-57(16-12-18-59(70)121-63)118-40-48(120-65(102)42-117-33-32-98-28-30-99(31-29-98)74(43-14-10-9-11-15-43)44-20-22-47(91)23-21-44)41-119-58-17-13-19-60-71(58)56(101)39-64(122-60)88(114)124-62-27-25-54(95(3)4)50-35-46-37-52-76(97(7)8)80(106)73(86(93)112)84(110)90(52,116)82(108)67(46)78(104)69(50)62/h9-27,38-39,45-46,48,51-52,74-76,105-108,115-116H,28-37,40-42H2,1-8H3,(H2,92,111)(H2,93,112)/t45-,46-,51-,52-,74?,75-,76-,89-,90-/m0/s1. The minimum Gasteiger partial charge on any atom is -0.510 e. The van der Waals surface area contributed by atoms with E-state index in [1.807, 2.05) is 42.5 Å². The van der Waals surface area contributed by atoms with Crippen molar-refractivity contribution < 1.29 is 111 Å². The van der Waals surface area contributed by atoms with Gasteiger partial charge in [0, 0.05) is 112 Å². The number of primary amides is 2. The second-order valence-corrected chi connectivity index (χ2v) is 33.0. The molecular weight excluding hydrogens is 1630 g/mol. The zero-order valence-corrected chi connectivity index (χ0v) is 69.3. The Balaban J connectivity index is 0.675. The van der Waals surface area contributed by atoms with Crippen molar-refractivity contribution in [2.45, 2.75) is 61.1 Å². The second-order valence-electron chi connectivity index (χ2n) is 32.6. The first kappa shape index (κ1) is 86.1. The maximum atomic E-state index is 15.0. The number of fused-ring (bicyclic) bond motifs is 8. The van der Waals surface area contributed by atoms with E-state index >= 15 is 9.59 Å². The summed E-state index contributed by atoms with van der Waals surface area (Å²) < 4.78 is 48.3. The van der Waals surface area contributed by atoms with Gasteiger partial charge in [0.25, 0.3) is 11.8 Å². The van der Waals surface area contributed by atoms with Gasteiger partial charge in [-0.3, -0.25) is 58.0 Å². The van der Waals surface area contributed by atoms with Crippen molar-refractivity contribution in [2.75, 3.05) is 125 Å². The van der Waals surface area contributed by atoms with E-state index in [0.29, 0.717) is 60.2 Å². The van der Waals surface area contributed by atoms with Crippen molar-refractivity contribution in [1.82, 2.24) is 19.6 Å². The third kappa shape index (κ3) is 15.2. The Morgan fingerprint density at radius 1 is 0.548 bits per heavy atom. The Hall–Kier alpha value is -12.9. The summed E-state index contributed by atoms with van der Waals surface area (Å²) in [5.74, 6) is -21.1. The van der Waals surface area contributed by atoms with Gasteiger partial charge in [-0.2, -0.15) is 0 Å². The molecule has 124 heavy (non-hydrogen) atoms. The smallest absolute Gasteiger partial charge is 0.379 e. The van der Waals surface area contributed by atoms with Crippen molar-refractivity contribution >= 4 is 97.8 Å². The number of carbonyl (C=O) groups excluding carboxylic acids is 9. The number of ether oxygens (including phenoxy) is 6. The highest BCUT2D eigenvalue weighted by atomic mass is 35.5. The van der Waals surface area contributed by atoms with Crippen LogP contribution in [0.4, 0.5) is 11.4 Å². The summed E-state index contributed by atoms with van der Waals surface area (Å²) in [7, 11) is 12.9. The first-order chi connectivity index (χ1) is 59.0. The third-order valence-electron chi connectivity index (χ3n) is 24.3. The number of nitrogens with two attached hydrogens (primary N) is 2. The molecule has 0 saturated carbocycles. The molecule has 3 heterocycles. The number of benzene rings is 6. The molecule has 1 unspecified atom stereocenters. The molecular formula is C90H89ClN8O25. The quantitative estimate of drug-likeness (QED) is 0.0133. The van der Waals surface area contributed by atoms with E-state index < -0.39 is 193 Å². The van der Waals surface area contributed by atoms with Gasteiger partial charge in [0.15, 0.2) is 39.7 Å². The fraction of sp³-hybridized carbons (Fsp3) is 0.344. The maximum Gasteiger partial charge on any atom is 0.379 e. The van der Waals surface area contributed by atoms with E-state index in [2.05, 4.69) is 21.9 Å². The number of hydrogen-bond donors (Lipinski definition) is 8. The lowest BCUT2D eigenvalue weighted by atomic mass is 9.58. The summed E-state index contributed by atoms with van der Waals surface area (Å²) in [4.78, 5) is 166. The van der Waals surface area contributed by atoms with E-state index in [1.54, 1.807) is 50.1 Å². The lowest BCUT2D eigenvalue weighted by Crippen LogP contribution is -2.63. The third-order valence-corrected chi connectivity index (χ3v) is 24.6. The minimum atomic E-state index is -2.91. The van der Waals surface area contributed by atoms with Crippen molar-refractivity contribution in [3.63, 3.8) is 0 Å². The van der Waals surface area contributed by atoms with Crippen molar-refractivity contribution in [3.8, 4) is 23.0 Å². The summed E-state index contributed by atoms with van der Waals surface area (Å²) >= 11 is 6.29. The van der Waals surface area contributed by atoms with E-state index in [4.69, 9.17) is 60.3 Å². The van der Waals surface area contributed by atoms with Gasteiger partial charge < -0.3 is 89.2 Å². The van der Waals surface area contributed by atoms with Crippen LogP contribution >= 0.6 is 11.6 Å². The lowest BCUT2D eigenvalue weighted by Gasteiger charge is -2.50. The molecule has 1 aliphatic heterocycles. The molecule has 2 amide bonds. The molecule has 34 heteroatoms. The van der Waals surface area contributed by atoms with Gasteiger partial charge in [-0.25, -0.2) is 14.4 Å². The number of aliphatic hydroxyl groups is 6. The fourth-order valence-electron chi connectivity index (χ4n) is 18.7. The number of nitrogens with zero attached hydrogens (tertiary/aromatic N) is 6. The van der Waals surface area contributed by atoms with Crippen LogP contribution in [0.2, 0.25) is 5.02 Å². The fourth-order valence-corrected chi connectivity index (χ4v) is 18.9. The summed E-state index contributed by atoms with van der Waals surface area (Å²) in [6.45, 7) is 1.68. The number of ketones is 4. The second kappa shape index (κ2) is 33.8. The molecule has 10 N–H and O–H groups in total. The molecule has 0 radical (unpaired) electrons. The number of Topliss-reactive ketones (excluding diaryl/α,β-unsaturated/α-hetero) is 4. The van der Waals surface area contributed by atoms with Crippen LogP contribution in [0.3, 0.4) is 0 Å². The Morgan fingerprint density at radius 2 is 0.984 bits per heavy atom. The highest BCUT2D eigenvalue weighted by molar-refractivity contribution is 6.30. The predicted molar refractivity (Wildman–Crippen MR) is 447 cm³/mol. The molecule has 1 saturated heterocycles. The van der Waals surface area contributed by atoms with Crippen molar-refractivity contribution in [3.05, 3.63) is 243 Å². The zero-order chi connectivity index (χ0) is 88.7. The number of amides is 2. The highest BCUT2D eigenvalue weighted by Crippen LogP contribution is 2.56. The normalized spacial score (nSPS) is 22.3. The molecule has 6 aromatic carbocycles. The van der Waals surface area contributed by atoms with Gasteiger partial charge in [0.05, 0.1) is 35.9 Å². The van der Waals surface area contributed by atoms with Crippen LogP contribution in [0, 0.1) is 23.7 Å². The van der Waals surface area contributed by atoms with Crippen LogP contribution in [0.5, 0.6) is 23.0 Å². The van der Waals surface area contributed by atoms with E-state index in [-0.39, 0.29) is 94.4 Å². The molecule has 9 atom stereocenters. The molecule has 6 aliphatic carbocycles. The molecule has 0 bridgehead atoms. The number of likely N-dealkylation sites (N-methyl/N-ethyl adjacent to an activating group) is 2. The number of anilines is 2. The van der Waals surface area contributed by atoms with Crippen molar-refractivity contribution in [1.29, 1.82) is 0 Å². The monoisotopic (exact) mass is 1720 g/mol. The molecule has 0 spiro atoms. The Morgan fingerprint density at radius 3 is 1.40 bits per heavy atom. The SMILES string of the molecule is CN(C)c1ccc(OC(=O)c2cc(=O)c3c(OCC(COc4cccc5oc(C(=O)Oc6ccc(N(C)C)c7c6C(=O)C6=C(O)[C@]8(O)C(=O)C(C(N)=O)=C(O)[C@@H](N(C)C)[C@@H]8C[C@@H]6C7)cc(=O)c45)OC(=O)COCCN4CCN(C(c5ccccc5)c5ccc(Cl)cc5)CC4)cccc3o2)c2c1C[C@H]1C[C@H]3[C@H](N(C)C)C(O)=C(C(N)=O)C(=O)[C@@]3(O)C(O)=C1C2=O. The van der Waals surface area contributed by atoms with Gasteiger partial charge >= 0.3 is 17.9 Å². The molecule has 7 aliphatic rings. The predicted octanol–water partition coefficient (Wildman–Crippen LogP) is 6.37. The number of allylic oxidation sites excluding steroid dienone is 2. The average Bonchev–Trinajstić information content (AvgIpc) is 0.700. The highest BCUT2D eigenvalue weighted by Gasteiger charge is 2.65. The molecule has 8 aromatic rings. The lowest BCUT2D eigenvalue weighted by molar-refractivity contribution is -0.157. The van der Waals surface area contributed by atoms with Gasteiger partial charge in [0.2, 0.25) is 23.1 Å². The van der Waals surface area contributed by atoms with Gasteiger partial charge in [-0.15, -0.1) is 0 Å². The zero-order valence-electron chi connectivity index (χ0n) is 68.6. The first-order valence-corrected chi connectivity index (χ1v) is 40.2. The largest absolute Gasteiger partial charge is 0.510 e. The van der Waals surface area contributed by atoms with Crippen LogP contribution in [0.15, 0.2) is 191 Å². The minimum absolute atomic E-state index is 0.0230. The van der Waals surface area contributed by atoms with E-state index in [1.165, 1.54) is 86.5 Å². The Bertz CT molecular complexity index is 5760. The van der Waals surface area contributed by atoms with Crippen LogP contribution in [-0.4, -0.2) is 248 Å². The van der Waals surface area contributed by atoms with Crippen molar-refractivity contribution in [2.24, 2.45) is 35.1 Å². The van der Waals surface area contributed by atoms with Crippen LogP contribution in [0.25, 0.3) is 21.9 Å². The number of rotatable bonds is 25. The number of esters is 3. The summed E-state index contributed by atoms with van der Waals surface area (Å²) in [5.41, 5.74) is 3.87. The maximum absolute atomic E-state index is 15.0. The van der Waals surface area contributed by atoms with Crippen LogP contribution < -0.4 is 51.1 Å². The van der Waals surface area contributed by atoms with E-state index in [0.717, 1.165) is 23.3 Å². The number of hydrogen-bond acceptors (Lipinski definition) is 31. The van der Waals surface area contributed by atoms with Gasteiger partial charge in [0.1, 0.15) is 98.9 Å². The molecule has 2 aromatic heterocycles. The first-order valence-electron chi connectivity index (χ1n) is 39.9. The average molecular weight is 1720 g/mol. The summed E-state index contributed by atoms with van der Waals surface area (Å²) in [5, 5.41) is 71.5. The Labute approximate surface area is 712 Å². The van der Waals surface area contributed by atoms with Gasteiger partial charge in [-0.05, 0) is 149 Å². The summed E-state index contributed by atoms with van der Waals surface area (Å²) in [6.07, 6.45) is -1.75. The van der Waals surface area contributed by atoms with Crippen LogP contribution in [0.1, 0.15) is 83.0 Å². The number of aliphatic hydroxyl groups excluding tert-OH is 4. The molecule has 33 nitrogen and oxygen atoms in total. The molecule has 15 rings (SSSR count). The molecule has 646 valence electrons. The number of halogens is 1. The summed E-state index contributed by atoms with van der Waals surface area (Å²) in [6, 6.07) is 31.2. The molecule has 1 fully saturated rings. The van der Waals surface area contributed by atoms with Crippen LogP contribution in [-0.2, 0) is 46.3 Å². The van der Waals surface area contributed by atoms with E-state index in [9.17, 15) is 73.8 Å². The topological polar surface area (TPSA) is 462 Å². The number of carbonyl (C=O) groups is 9.